The van der Waals surface area contributed by atoms with Gasteiger partial charge in [-0.05, 0) is 47.9 Å². The van der Waals surface area contributed by atoms with E-state index >= 15 is 0 Å². The van der Waals surface area contributed by atoms with Gasteiger partial charge in [-0.1, -0.05) is 36.4 Å². The molecule has 4 aromatic rings. The van der Waals surface area contributed by atoms with E-state index in [2.05, 4.69) is 57.5 Å². The van der Waals surface area contributed by atoms with Gasteiger partial charge in [0.15, 0.2) is 0 Å². The summed E-state index contributed by atoms with van der Waals surface area (Å²) in [6.45, 7) is 0. The van der Waals surface area contributed by atoms with Crippen LogP contribution in [0.5, 0.6) is 0 Å². The van der Waals surface area contributed by atoms with Crippen LogP contribution in [0.1, 0.15) is 36.3 Å². The fraction of sp³-hybridized carbons (Fsp3) is 0.217. The first-order chi connectivity index (χ1) is 13.3. The van der Waals surface area contributed by atoms with Gasteiger partial charge in [0.05, 0.1) is 6.20 Å². The van der Waals surface area contributed by atoms with Gasteiger partial charge in [0.2, 0.25) is 0 Å². The van der Waals surface area contributed by atoms with Crippen molar-refractivity contribution in [1.29, 1.82) is 0 Å². The van der Waals surface area contributed by atoms with Crippen LogP contribution in [-0.2, 0) is 7.05 Å². The molecule has 0 saturated carbocycles. The molecule has 3 aromatic heterocycles. The highest BCUT2D eigenvalue weighted by Gasteiger charge is 2.18. The second-order valence-electron chi connectivity index (χ2n) is 7.34. The van der Waals surface area contributed by atoms with E-state index in [9.17, 15) is 0 Å². The van der Waals surface area contributed by atoms with Gasteiger partial charge in [-0.3, -0.25) is 4.68 Å². The lowest BCUT2D eigenvalue weighted by atomic mass is 9.83. The van der Waals surface area contributed by atoms with Crippen molar-refractivity contribution in [3.63, 3.8) is 0 Å². The van der Waals surface area contributed by atoms with Crippen molar-refractivity contribution in [3.05, 3.63) is 78.4 Å². The number of pyridine rings is 1. The maximum absolute atomic E-state index is 4.66. The summed E-state index contributed by atoms with van der Waals surface area (Å²) in [6, 6.07) is 13.1. The largest absolute Gasteiger partial charge is 0.346 e. The van der Waals surface area contributed by atoms with Crippen molar-refractivity contribution >= 4 is 16.6 Å². The Morgan fingerprint density at radius 3 is 2.74 bits per heavy atom. The zero-order valence-corrected chi connectivity index (χ0v) is 15.4. The third-order valence-corrected chi connectivity index (χ3v) is 5.60. The summed E-state index contributed by atoms with van der Waals surface area (Å²) in [5, 5.41) is 5.46. The quantitative estimate of drug-likeness (QED) is 0.541. The van der Waals surface area contributed by atoms with Gasteiger partial charge in [-0.25, -0.2) is 4.98 Å². The maximum atomic E-state index is 4.66. The minimum Gasteiger partial charge on any atom is -0.346 e. The van der Waals surface area contributed by atoms with Gasteiger partial charge in [0.1, 0.15) is 5.65 Å². The second kappa shape index (κ2) is 6.54. The zero-order chi connectivity index (χ0) is 18.2. The lowest BCUT2D eigenvalue weighted by Crippen LogP contribution is -2.04. The summed E-state index contributed by atoms with van der Waals surface area (Å²) in [7, 11) is 1.94. The SMILES string of the molecule is Cn1cc(-c2c[nH]c3ncc(C4=CCC(c5ccccc5)CC4)cc23)cn1. The second-order valence-corrected chi connectivity index (χ2v) is 7.34. The van der Waals surface area contributed by atoms with Crippen molar-refractivity contribution in [3.8, 4) is 11.1 Å². The predicted octanol–water partition coefficient (Wildman–Crippen LogP) is 5.31. The van der Waals surface area contributed by atoms with E-state index in [4.69, 9.17) is 0 Å². The minimum absolute atomic E-state index is 0.629. The van der Waals surface area contributed by atoms with Crippen LogP contribution in [0.25, 0.3) is 27.7 Å². The molecule has 3 heterocycles. The molecule has 0 radical (unpaired) electrons. The molecule has 0 saturated heterocycles. The smallest absolute Gasteiger partial charge is 0.137 e. The molecule has 0 fully saturated rings. The monoisotopic (exact) mass is 354 g/mol. The Hall–Kier alpha value is -3.14. The molecular formula is C23H22N4. The van der Waals surface area contributed by atoms with Gasteiger partial charge in [-0.2, -0.15) is 5.10 Å². The van der Waals surface area contributed by atoms with Crippen LogP contribution < -0.4 is 0 Å². The van der Waals surface area contributed by atoms with E-state index in [1.165, 1.54) is 23.1 Å². The Bertz CT molecular complexity index is 1120. The molecule has 134 valence electrons. The number of nitrogens with zero attached hydrogens (tertiary/aromatic N) is 3. The van der Waals surface area contributed by atoms with E-state index in [0.717, 1.165) is 35.0 Å². The molecule has 1 aromatic carbocycles. The molecule has 0 amide bonds. The number of allylic oxidation sites excluding steroid dienone is 2. The highest BCUT2D eigenvalue weighted by atomic mass is 15.2. The van der Waals surface area contributed by atoms with Crippen LogP contribution in [0.15, 0.2) is 67.3 Å². The van der Waals surface area contributed by atoms with Crippen molar-refractivity contribution in [2.75, 3.05) is 0 Å². The van der Waals surface area contributed by atoms with Crippen molar-refractivity contribution in [2.24, 2.45) is 7.05 Å². The molecular weight excluding hydrogens is 332 g/mol. The van der Waals surface area contributed by atoms with Gasteiger partial charge in [0, 0.05) is 42.2 Å². The summed E-state index contributed by atoms with van der Waals surface area (Å²) in [5.41, 5.74) is 7.30. The number of benzene rings is 1. The lowest BCUT2D eigenvalue weighted by molar-refractivity contribution is 0.625. The van der Waals surface area contributed by atoms with E-state index in [-0.39, 0.29) is 0 Å². The first kappa shape index (κ1) is 16.1. The number of rotatable bonds is 3. The fourth-order valence-corrected chi connectivity index (χ4v) is 4.10. The van der Waals surface area contributed by atoms with Crippen molar-refractivity contribution in [2.45, 2.75) is 25.2 Å². The molecule has 0 aliphatic heterocycles. The number of aryl methyl sites for hydroxylation is 1. The van der Waals surface area contributed by atoms with Crippen LogP contribution in [0.2, 0.25) is 0 Å². The van der Waals surface area contributed by atoms with Crippen LogP contribution >= 0.6 is 0 Å². The molecule has 0 bridgehead atoms. The number of aromatic amines is 1. The van der Waals surface area contributed by atoms with Crippen molar-refractivity contribution < 1.29 is 0 Å². The predicted molar refractivity (Wildman–Crippen MR) is 109 cm³/mol. The molecule has 1 atom stereocenters. The fourth-order valence-electron chi connectivity index (χ4n) is 4.10. The molecule has 1 aliphatic carbocycles. The average molecular weight is 354 g/mol. The molecule has 1 aliphatic rings. The third-order valence-electron chi connectivity index (χ3n) is 5.60. The summed E-state index contributed by atoms with van der Waals surface area (Å²) < 4.78 is 1.83. The van der Waals surface area contributed by atoms with Gasteiger partial charge < -0.3 is 4.98 Å². The van der Waals surface area contributed by atoms with E-state index in [0.29, 0.717) is 5.92 Å². The summed E-state index contributed by atoms with van der Waals surface area (Å²) in [5.74, 6) is 0.629. The summed E-state index contributed by atoms with van der Waals surface area (Å²) in [6.07, 6.45) is 13.8. The molecule has 4 heteroatoms. The number of nitrogens with one attached hydrogen (secondary N) is 1. The Balaban J connectivity index is 1.46. The maximum Gasteiger partial charge on any atom is 0.137 e. The number of hydrogen-bond donors (Lipinski definition) is 1. The Morgan fingerprint density at radius 1 is 1.11 bits per heavy atom. The number of hydrogen-bond acceptors (Lipinski definition) is 2. The van der Waals surface area contributed by atoms with Crippen LogP contribution in [-0.4, -0.2) is 19.7 Å². The first-order valence-corrected chi connectivity index (χ1v) is 9.48. The highest BCUT2D eigenvalue weighted by Crippen LogP contribution is 2.37. The van der Waals surface area contributed by atoms with E-state index < -0.39 is 0 Å². The van der Waals surface area contributed by atoms with E-state index in [1.807, 2.05) is 36.5 Å². The molecule has 27 heavy (non-hydrogen) atoms. The first-order valence-electron chi connectivity index (χ1n) is 9.48. The number of H-pyrrole nitrogens is 1. The Labute approximate surface area is 158 Å². The minimum atomic E-state index is 0.629. The van der Waals surface area contributed by atoms with Gasteiger partial charge >= 0.3 is 0 Å². The van der Waals surface area contributed by atoms with Gasteiger partial charge in [-0.15, -0.1) is 0 Å². The Morgan fingerprint density at radius 2 is 2.00 bits per heavy atom. The van der Waals surface area contributed by atoms with Crippen LogP contribution in [0, 0.1) is 0 Å². The molecule has 5 rings (SSSR count). The van der Waals surface area contributed by atoms with Gasteiger partial charge in [0.25, 0.3) is 0 Å². The van der Waals surface area contributed by atoms with Crippen molar-refractivity contribution in [1.82, 2.24) is 19.7 Å². The zero-order valence-electron chi connectivity index (χ0n) is 15.4. The number of fused-ring (bicyclic) bond motifs is 1. The standard InChI is InChI=1S/C23H22N4/c1-27-15-20(13-26-27)22-14-25-23-21(22)11-19(12-24-23)18-9-7-17(8-10-18)16-5-3-2-4-6-16/h2-6,9,11-15,17H,7-8,10H2,1H3,(H,24,25). The normalized spacial score (nSPS) is 17.2. The average Bonchev–Trinajstić information content (AvgIpc) is 3.34. The molecule has 4 nitrogen and oxygen atoms in total. The Kier molecular flexibility index (Phi) is 3.89. The van der Waals surface area contributed by atoms with Crippen LogP contribution in [0.3, 0.4) is 0 Å². The number of aromatic nitrogens is 4. The molecule has 0 spiro atoms. The lowest BCUT2D eigenvalue weighted by Gasteiger charge is -2.22. The molecule has 1 unspecified atom stereocenters. The van der Waals surface area contributed by atoms with Crippen LogP contribution in [0.4, 0.5) is 0 Å². The van der Waals surface area contributed by atoms with E-state index in [1.54, 1.807) is 0 Å². The third kappa shape index (κ3) is 2.97. The topological polar surface area (TPSA) is 46.5 Å². The highest BCUT2D eigenvalue weighted by molar-refractivity contribution is 5.95. The summed E-state index contributed by atoms with van der Waals surface area (Å²) in [4.78, 5) is 7.95. The summed E-state index contributed by atoms with van der Waals surface area (Å²) >= 11 is 0. The molecule has 1 N–H and O–H groups in total.